The minimum atomic E-state index is -0.737. The van der Waals surface area contributed by atoms with Gasteiger partial charge in [-0.2, -0.15) is 14.6 Å². The summed E-state index contributed by atoms with van der Waals surface area (Å²) < 4.78 is 8.54. The Hall–Kier alpha value is -5.06. The Labute approximate surface area is 210 Å². The van der Waals surface area contributed by atoms with Gasteiger partial charge in [-0.25, -0.2) is 9.67 Å². The smallest absolute Gasteiger partial charge is 0.252 e. The van der Waals surface area contributed by atoms with Crippen molar-refractivity contribution in [2.75, 3.05) is 12.3 Å². The SMILES string of the molecule is Nc1nc2c(cnn2C(C(=O)N2CCc3ncccc3C2)c2ccccc2)c2nc(-c3ccco3)nn12. The lowest BCUT2D eigenvalue weighted by atomic mass is 10.0. The van der Waals surface area contributed by atoms with Crippen LogP contribution < -0.4 is 5.73 Å². The summed E-state index contributed by atoms with van der Waals surface area (Å²) in [6.45, 7) is 1.06. The highest BCUT2D eigenvalue weighted by Crippen LogP contribution is 2.30. The summed E-state index contributed by atoms with van der Waals surface area (Å²) in [5, 5.41) is 9.71. The van der Waals surface area contributed by atoms with Crippen molar-refractivity contribution < 1.29 is 9.21 Å². The van der Waals surface area contributed by atoms with Gasteiger partial charge in [-0.1, -0.05) is 36.4 Å². The van der Waals surface area contributed by atoms with Gasteiger partial charge in [-0.3, -0.25) is 9.78 Å². The number of aromatic nitrogens is 7. The molecule has 0 bridgehead atoms. The van der Waals surface area contributed by atoms with Gasteiger partial charge in [-0.15, -0.1) is 5.10 Å². The van der Waals surface area contributed by atoms with Crippen LogP contribution in [0, 0.1) is 0 Å². The molecule has 0 saturated carbocycles. The fourth-order valence-corrected chi connectivity index (χ4v) is 4.88. The summed E-state index contributed by atoms with van der Waals surface area (Å²) in [4.78, 5) is 29.6. The second-order valence-corrected chi connectivity index (χ2v) is 8.88. The standard InChI is InChI=1S/C26H21N9O2/c27-26-31-24-18(23-30-22(32-35(23)26)20-9-5-13-37-20)14-29-34(24)21(16-6-2-1-3-7-16)25(36)33-12-10-19-17(15-33)8-4-11-28-19/h1-9,11,13-14,21H,10,12,15H2,(H2,27,31). The predicted molar refractivity (Wildman–Crippen MR) is 134 cm³/mol. The van der Waals surface area contributed by atoms with Crippen molar-refractivity contribution in [3.8, 4) is 11.6 Å². The van der Waals surface area contributed by atoms with Crippen molar-refractivity contribution in [2.24, 2.45) is 0 Å². The fourth-order valence-electron chi connectivity index (χ4n) is 4.88. The molecule has 6 heterocycles. The van der Waals surface area contributed by atoms with Crippen LogP contribution in [0.4, 0.5) is 5.95 Å². The Morgan fingerprint density at radius 1 is 1.03 bits per heavy atom. The van der Waals surface area contributed by atoms with Crippen LogP contribution in [-0.2, 0) is 17.8 Å². The van der Waals surface area contributed by atoms with Gasteiger partial charge >= 0.3 is 0 Å². The van der Waals surface area contributed by atoms with E-state index in [-0.39, 0.29) is 11.9 Å². The lowest BCUT2D eigenvalue weighted by Gasteiger charge is -2.31. The zero-order valence-electron chi connectivity index (χ0n) is 19.6. The Kier molecular flexibility index (Phi) is 4.74. The number of carbonyl (C=O) groups is 1. The van der Waals surface area contributed by atoms with E-state index in [9.17, 15) is 4.79 Å². The van der Waals surface area contributed by atoms with Gasteiger partial charge in [-0.05, 0) is 29.3 Å². The highest BCUT2D eigenvalue weighted by molar-refractivity contribution is 5.92. The van der Waals surface area contributed by atoms with Crippen LogP contribution in [0.25, 0.3) is 28.3 Å². The maximum Gasteiger partial charge on any atom is 0.252 e. The number of furan rings is 1. The molecule has 2 N–H and O–H groups in total. The molecule has 5 aromatic heterocycles. The molecule has 37 heavy (non-hydrogen) atoms. The minimum Gasteiger partial charge on any atom is -0.461 e. The van der Waals surface area contributed by atoms with E-state index in [1.165, 1.54) is 4.52 Å². The Bertz CT molecular complexity index is 1760. The average molecular weight is 492 g/mol. The Balaban J connectivity index is 1.36. The van der Waals surface area contributed by atoms with E-state index in [0.29, 0.717) is 47.8 Å². The van der Waals surface area contributed by atoms with E-state index < -0.39 is 6.04 Å². The van der Waals surface area contributed by atoms with Gasteiger partial charge in [0.1, 0.15) is 0 Å². The van der Waals surface area contributed by atoms with Crippen LogP contribution >= 0.6 is 0 Å². The fraction of sp³-hybridized carbons (Fsp3) is 0.154. The quantitative estimate of drug-likeness (QED) is 0.398. The van der Waals surface area contributed by atoms with Gasteiger partial charge in [0.15, 0.2) is 23.1 Å². The maximum atomic E-state index is 14.1. The normalized spacial score (nSPS) is 14.2. The number of fused-ring (bicyclic) bond motifs is 4. The number of carbonyl (C=O) groups excluding carboxylic acids is 1. The molecule has 0 fully saturated rings. The third-order valence-corrected chi connectivity index (χ3v) is 6.67. The van der Waals surface area contributed by atoms with Gasteiger partial charge in [0, 0.05) is 31.4 Å². The van der Waals surface area contributed by atoms with E-state index in [0.717, 1.165) is 16.8 Å². The summed E-state index contributed by atoms with van der Waals surface area (Å²) >= 11 is 0. The zero-order valence-corrected chi connectivity index (χ0v) is 19.6. The van der Waals surface area contributed by atoms with Crippen molar-refractivity contribution in [3.63, 3.8) is 0 Å². The van der Waals surface area contributed by atoms with Gasteiger partial charge in [0.2, 0.25) is 11.8 Å². The molecule has 11 heteroatoms. The number of amides is 1. The number of nitrogens with zero attached hydrogens (tertiary/aromatic N) is 8. The molecule has 0 saturated heterocycles. The molecule has 1 aliphatic heterocycles. The first-order valence-corrected chi connectivity index (χ1v) is 11.9. The first-order valence-electron chi connectivity index (χ1n) is 11.9. The third-order valence-electron chi connectivity index (χ3n) is 6.67. The number of benzene rings is 1. The number of rotatable bonds is 4. The van der Waals surface area contributed by atoms with E-state index in [4.69, 9.17) is 10.2 Å². The minimum absolute atomic E-state index is 0.0799. The predicted octanol–water partition coefficient (Wildman–Crippen LogP) is 2.89. The van der Waals surface area contributed by atoms with E-state index in [2.05, 4.69) is 25.1 Å². The topological polar surface area (TPSA) is 133 Å². The monoisotopic (exact) mass is 491 g/mol. The van der Waals surface area contributed by atoms with Crippen molar-refractivity contribution >= 4 is 28.5 Å². The number of nitrogen functional groups attached to an aromatic ring is 1. The molecule has 1 unspecified atom stereocenters. The Morgan fingerprint density at radius 3 is 2.76 bits per heavy atom. The molecule has 0 radical (unpaired) electrons. The summed E-state index contributed by atoms with van der Waals surface area (Å²) in [6.07, 6.45) is 5.69. The molecule has 1 aliphatic rings. The molecular weight excluding hydrogens is 470 g/mol. The van der Waals surface area contributed by atoms with Crippen molar-refractivity contribution in [3.05, 3.63) is 90.1 Å². The maximum absolute atomic E-state index is 14.1. The Morgan fingerprint density at radius 2 is 1.92 bits per heavy atom. The van der Waals surface area contributed by atoms with E-state index in [1.807, 2.05) is 47.4 Å². The number of anilines is 1. The number of nitrogens with two attached hydrogens (primary N) is 1. The first kappa shape index (κ1) is 21.2. The second-order valence-electron chi connectivity index (χ2n) is 8.88. The zero-order chi connectivity index (χ0) is 24.9. The third kappa shape index (κ3) is 3.43. The van der Waals surface area contributed by atoms with Crippen LogP contribution in [0.5, 0.6) is 0 Å². The summed E-state index contributed by atoms with van der Waals surface area (Å²) in [7, 11) is 0. The van der Waals surface area contributed by atoms with Crippen LogP contribution in [-0.4, -0.2) is 51.7 Å². The van der Waals surface area contributed by atoms with Gasteiger partial charge in [0.25, 0.3) is 5.91 Å². The highest BCUT2D eigenvalue weighted by atomic mass is 16.3. The molecule has 7 rings (SSSR count). The molecule has 182 valence electrons. The highest BCUT2D eigenvalue weighted by Gasteiger charge is 2.32. The summed E-state index contributed by atoms with van der Waals surface area (Å²) in [6, 6.07) is 16.3. The van der Waals surface area contributed by atoms with Crippen molar-refractivity contribution in [1.29, 1.82) is 0 Å². The molecular formula is C26H21N9O2. The molecule has 0 spiro atoms. The van der Waals surface area contributed by atoms with Gasteiger partial charge in [0.05, 0.1) is 17.8 Å². The lowest BCUT2D eigenvalue weighted by Crippen LogP contribution is -2.41. The van der Waals surface area contributed by atoms with Crippen LogP contribution in [0.3, 0.4) is 0 Å². The first-order chi connectivity index (χ1) is 18.2. The second kappa shape index (κ2) is 8.26. The van der Waals surface area contributed by atoms with E-state index in [1.54, 1.807) is 35.5 Å². The molecule has 6 aromatic rings. The van der Waals surface area contributed by atoms with Crippen LogP contribution in [0.1, 0.15) is 22.9 Å². The lowest BCUT2D eigenvalue weighted by molar-refractivity contribution is -0.134. The number of hydrogen-bond donors (Lipinski definition) is 1. The van der Waals surface area contributed by atoms with Crippen molar-refractivity contribution in [2.45, 2.75) is 19.0 Å². The number of pyridine rings is 1. The van der Waals surface area contributed by atoms with E-state index >= 15 is 0 Å². The average Bonchev–Trinajstić information content (AvgIpc) is 3.70. The number of hydrogen-bond acceptors (Lipinski definition) is 8. The van der Waals surface area contributed by atoms with Crippen molar-refractivity contribution in [1.82, 2.24) is 39.2 Å². The van der Waals surface area contributed by atoms with Gasteiger partial charge < -0.3 is 15.1 Å². The molecule has 1 aromatic carbocycles. The molecule has 11 nitrogen and oxygen atoms in total. The van der Waals surface area contributed by atoms with Crippen LogP contribution in [0.2, 0.25) is 0 Å². The molecule has 1 atom stereocenters. The molecule has 0 aliphatic carbocycles. The summed E-state index contributed by atoms with van der Waals surface area (Å²) in [5.74, 6) is 0.950. The molecule has 1 amide bonds. The largest absolute Gasteiger partial charge is 0.461 e. The van der Waals surface area contributed by atoms with Crippen LogP contribution in [0.15, 0.2) is 77.7 Å². The summed E-state index contributed by atoms with van der Waals surface area (Å²) in [5.41, 5.74) is 10.1.